The first-order valence-corrected chi connectivity index (χ1v) is 8.90. The van der Waals surface area contributed by atoms with Crippen LogP contribution in [0.25, 0.3) is 0 Å². The van der Waals surface area contributed by atoms with E-state index in [-0.39, 0.29) is 11.8 Å². The SMILES string of the molecule is CSC[C@@H]1CCN(C(=O)[C@H](C)c2ccc(Cl)c(Cl)c2)C1. The summed E-state index contributed by atoms with van der Waals surface area (Å²) in [6, 6.07) is 5.43. The molecule has 0 bridgehead atoms. The van der Waals surface area contributed by atoms with Crippen LogP contribution in [-0.4, -0.2) is 35.9 Å². The number of likely N-dealkylation sites (tertiary alicyclic amines) is 1. The van der Waals surface area contributed by atoms with Gasteiger partial charge in [0.05, 0.1) is 16.0 Å². The lowest BCUT2D eigenvalue weighted by molar-refractivity contribution is -0.131. The monoisotopic (exact) mass is 331 g/mol. The normalized spacial score (nSPS) is 20.2. The second-order valence-electron chi connectivity index (χ2n) is 5.29. The van der Waals surface area contributed by atoms with Crippen molar-refractivity contribution in [3.05, 3.63) is 33.8 Å². The summed E-state index contributed by atoms with van der Waals surface area (Å²) in [5, 5.41) is 1.03. The van der Waals surface area contributed by atoms with E-state index in [0.29, 0.717) is 16.0 Å². The van der Waals surface area contributed by atoms with Gasteiger partial charge in [-0.25, -0.2) is 0 Å². The second-order valence-corrected chi connectivity index (χ2v) is 7.01. The fourth-order valence-electron chi connectivity index (χ4n) is 2.60. The molecule has 0 unspecified atom stereocenters. The highest BCUT2D eigenvalue weighted by Crippen LogP contribution is 2.29. The van der Waals surface area contributed by atoms with Crippen molar-refractivity contribution < 1.29 is 4.79 Å². The first kappa shape index (κ1) is 16.0. The van der Waals surface area contributed by atoms with Gasteiger partial charge in [-0.1, -0.05) is 29.3 Å². The highest BCUT2D eigenvalue weighted by atomic mass is 35.5. The molecule has 1 fully saturated rings. The zero-order valence-electron chi connectivity index (χ0n) is 11.7. The lowest BCUT2D eigenvalue weighted by Crippen LogP contribution is -2.32. The van der Waals surface area contributed by atoms with Crippen molar-refractivity contribution in [3.63, 3.8) is 0 Å². The number of rotatable bonds is 4. The molecule has 1 aromatic carbocycles. The third-order valence-electron chi connectivity index (χ3n) is 3.81. The fourth-order valence-corrected chi connectivity index (χ4v) is 3.65. The molecule has 1 aliphatic heterocycles. The summed E-state index contributed by atoms with van der Waals surface area (Å²) in [5.74, 6) is 1.78. The summed E-state index contributed by atoms with van der Waals surface area (Å²) < 4.78 is 0. The van der Waals surface area contributed by atoms with Gasteiger partial charge in [0.25, 0.3) is 0 Å². The zero-order valence-corrected chi connectivity index (χ0v) is 14.1. The molecule has 1 aliphatic rings. The van der Waals surface area contributed by atoms with Crippen LogP contribution in [0.1, 0.15) is 24.8 Å². The predicted molar refractivity (Wildman–Crippen MR) is 87.9 cm³/mol. The molecule has 0 aliphatic carbocycles. The Kier molecular flexibility index (Phi) is 5.65. The summed E-state index contributed by atoms with van der Waals surface area (Å²) in [6.07, 6.45) is 3.23. The van der Waals surface area contributed by atoms with Gasteiger partial charge in [0.1, 0.15) is 0 Å². The van der Waals surface area contributed by atoms with Crippen LogP contribution in [0.2, 0.25) is 10.0 Å². The van der Waals surface area contributed by atoms with Crippen LogP contribution >= 0.6 is 35.0 Å². The number of thioether (sulfide) groups is 1. The number of halogens is 2. The standard InChI is InChI=1S/C15H19Cl2NOS/c1-10(12-3-4-13(16)14(17)7-12)15(19)18-6-5-11(8-18)9-20-2/h3-4,7,10-11H,5-6,8-9H2,1-2H3/t10-,11-/m1/s1. The van der Waals surface area contributed by atoms with E-state index < -0.39 is 0 Å². The van der Waals surface area contributed by atoms with Gasteiger partial charge in [-0.05, 0) is 49.0 Å². The Morgan fingerprint density at radius 3 is 2.85 bits per heavy atom. The summed E-state index contributed by atoms with van der Waals surface area (Å²) >= 11 is 13.8. The van der Waals surface area contributed by atoms with E-state index in [1.807, 2.05) is 29.7 Å². The Hall–Kier alpha value is -0.380. The Labute approximate surface area is 134 Å². The summed E-state index contributed by atoms with van der Waals surface area (Å²) in [5.41, 5.74) is 0.928. The van der Waals surface area contributed by atoms with Crippen LogP contribution in [0.5, 0.6) is 0 Å². The molecular weight excluding hydrogens is 313 g/mol. The van der Waals surface area contributed by atoms with Crippen LogP contribution in [0.3, 0.4) is 0 Å². The summed E-state index contributed by atoms with van der Waals surface area (Å²) in [6.45, 7) is 3.69. The molecule has 0 radical (unpaired) electrons. The van der Waals surface area contributed by atoms with Gasteiger partial charge in [0.2, 0.25) is 5.91 Å². The van der Waals surface area contributed by atoms with E-state index in [1.165, 1.54) is 0 Å². The Bertz CT molecular complexity index is 495. The lowest BCUT2D eigenvalue weighted by atomic mass is 10.00. The molecule has 0 spiro atoms. The number of benzene rings is 1. The van der Waals surface area contributed by atoms with Gasteiger partial charge < -0.3 is 4.90 Å². The number of amides is 1. The smallest absolute Gasteiger partial charge is 0.229 e. The average molecular weight is 332 g/mol. The van der Waals surface area contributed by atoms with Gasteiger partial charge >= 0.3 is 0 Å². The maximum absolute atomic E-state index is 12.5. The molecule has 0 N–H and O–H groups in total. The minimum atomic E-state index is -0.169. The van der Waals surface area contributed by atoms with Crippen molar-refractivity contribution in [1.82, 2.24) is 4.90 Å². The molecule has 2 nitrogen and oxygen atoms in total. The third kappa shape index (κ3) is 3.63. The molecule has 1 saturated heterocycles. The molecule has 110 valence electrons. The first-order valence-electron chi connectivity index (χ1n) is 6.75. The fraction of sp³-hybridized carbons (Fsp3) is 0.533. The topological polar surface area (TPSA) is 20.3 Å². The van der Waals surface area contributed by atoms with Crippen LogP contribution in [-0.2, 0) is 4.79 Å². The maximum atomic E-state index is 12.5. The van der Waals surface area contributed by atoms with Crippen LogP contribution in [0.4, 0.5) is 0 Å². The molecule has 1 amide bonds. The number of nitrogens with zero attached hydrogens (tertiary/aromatic N) is 1. The van der Waals surface area contributed by atoms with Crippen molar-refractivity contribution in [2.45, 2.75) is 19.3 Å². The molecule has 5 heteroatoms. The van der Waals surface area contributed by atoms with Crippen LogP contribution in [0.15, 0.2) is 18.2 Å². The minimum absolute atomic E-state index is 0.169. The predicted octanol–water partition coefficient (Wildman–Crippen LogP) is 4.31. The number of carbonyl (C=O) groups excluding carboxylic acids is 1. The molecule has 20 heavy (non-hydrogen) atoms. The Morgan fingerprint density at radius 1 is 1.45 bits per heavy atom. The first-order chi connectivity index (χ1) is 9.52. The largest absolute Gasteiger partial charge is 0.342 e. The maximum Gasteiger partial charge on any atom is 0.229 e. The quantitative estimate of drug-likeness (QED) is 0.819. The molecular formula is C15H19Cl2NOS. The van der Waals surface area contributed by atoms with E-state index in [1.54, 1.807) is 12.1 Å². The minimum Gasteiger partial charge on any atom is -0.342 e. The van der Waals surface area contributed by atoms with Crippen molar-refractivity contribution in [2.24, 2.45) is 5.92 Å². The Morgan fingerprint density at radius 2 is 2.20 bits per heavy atom. The highest BCUT2D eigenvalue weighted by molar-refractivity contribution is 7.98. The van der Waals surface area contributed by atoms with Crippen molar-refractivity contribution in [3.8, 4) is 0 Å². The van der Waals surface area contributed by atoms with E-state index in [2.05, 4.69) is 6.26 Å². The van der Waals surface area contributed by atoms with Crippen molar-refractivity contribution in [2.75, 3.05) is 25.1 Å². The van der Waals surface area contributed by atoms with Gasteiger partial charge in [-0.15, -0.1) is 0 Å². The molecule has 1 heterocycles. The highest BCUT2D eigenvalue weighted by Gasteiger charge is 2.29. The number of hydrogen-bond acceptors (Lipinski definition) is 2. The van der Waals surface area contributed by atoms with Gasteiger partial charge in [0, 0.05) is 13.1 Å². The lowest BCUT2D eigenvalue weighted by Gasteiger charge is -2.21. The molecule has 2 atom stereocenters. The summed E-state index contributed by atoms with van der Waals surface area (Å²) in [4.78, 5) is 14.5. The van der Waals surface area contributed by atoms with E-state index in [9.17, 15) is 4.79 Å². The van der Waals surface area contributed by atoms with E-state index in [4.69, 9.17) is 23.2 Å². The van der Waals surface area contributed by atoms with Gasteiger partial charge in [0.15, 0.2) is 0 Å². The second kappa shape index (κ2) is 7.06. The van der Waals surface area contributed by atoms with E-state index in [0.717, 1.165) is 30.8 Å². The Balaban J connectivity index is 2.03. The molecule has 0 saturated carbocycles. The number of hydrogen-bond donors (Lipinski definition) is 0. The van der Waals surface area contributed by atoms with Gasteiger partial charge in [-0.2, -0.15) is 11.8 Å². The van der Waals surface area contributed by atoms with E-state index >= 15 is 0 Å². The zero-order chi connectivity index (χ0) is 14.7. The van der Waals surface area contributed by atoms with Crippen LogP contribution < -0.4 is 0 Å². The molecule has 2 rings (SSSR count). The van der Waals surface area contributed by atoms with Crippen molar-refractivity contribution >= 4 is 40.9 Å². The third-order valence-corrected chi connectivity index (χ3v) is 5.36. The van der Waals surface area contributed by atoms with Crippen LogP contribution in [0, 0.1) is 5.92 Å². The number of carbonyl (C=O) groups is 1. The summed E-state index contributed by atoms with van der Waals surface area (Å²) in [7, 11) is 0. The molecule has 1 aromatic rings. The molecule has 0 aromatic heterocycles. The van der Waals surface area contributed by atoms with Gasteiger partial charge in [-0.3, -0.25) is 4.79 Å². The average Bonchev–Trinajstić information content (AvgIpc) is 2.89. The van der Waals surface area contributed by atoms with Crippen molar-refractivity contribution in [1.29, 1.82) is 0 Å².